The van der Waals surface area contributed by atoms with Gasteiger partial charge in [-0.1, -0.05) is 11.6 Å². The molecule has 0 aromatic carbocycles. The largest absolute Gasteiger partial charge is 0.489 e. The molecule has 1 amide bonds. The van der Waals surface area contributed by atoms with Gasteiger partial charge in [0.05, 0.1) is 18.2 Å². The summed E-state index contributed by atoms with van der Waals surface area (Å²) in [6, 6.07) is 1.24. The number of carbonyl (C=O) groups excluding carboxylic acids is 1. The van der Waals surface area contributed by atoms with Crippen LogP contribution in [-0.4, -0.2) is 90.2 Å². The van der Waals surface area contributed by atoms with E-state index in [-0.39, 0.29) is 35.2 Å². The van der Waals surface area contributed by atoms with Gasteiger partial charge in [0.2, 0.25) is 0 Å². The van der Waals surface area contributed by atoms with Gasteiger partial charge in [0.1, 0.15) is 23.6 Å². The zero-order chi connectivity index (χ0) is 24.4. The summed E-state index contributed by atoms with van der Waals surface area (Å²) < 4.78 is 17.0. The number of carbonyl (C=O) groups is 2. The fraction of sp³-hybridized carbons (Fsp3) is 0.682. The third-order valence-corrected chi connectivity index (χ3v) is 5.50. The third-order valence-electron chi connectivity index (χ3n) is 5.23. The lowest BCUT2D eigenvalue weighted by Crippen LogP contribution is -2.55. The molecule has 2 N–H and O–H groups in total. The number of nitrogens with zero attached hydrogens (tertiary/aromatic N) is 3. The number of amides is 1. The number of hydrogen-bond donors (Lipinski definition) is 2. The molecule has 2 aliphatic heterocycles. The van der Waals surface area contributed by atoms with Gasteiger partial charge in [-0.15, -0.1) is 0 Å². The first-order valence-corrected chi connectivity index (χ1v) is 11.4. The summed E-state index contributed by atoms with van der Waals surface area (Å²) in [7, 11) is 0. The highest BCUT2D eigenvalue weighted by molar-refractivity contribution is 6.31. The third kappa shape index (κ3) is 6.84. The standard InChI is InChI=1S/C22H33ClN4O6/c1-21(2,3)33-20(30)26-7-6-24-14(11-26)12-31-16-10-15(19(28)29)18(25-17(16)23)27-8-9-32-22(4,5)13-27/h10,14,24H,6-9,11-13H2,1-5H3,(H,28,29). The normalized spacial score (nSPS) is 21.0. The van der Waals surface area contributed by atoms with Crippen molar-refractivity contribution in [2.24, 2.45) is 0 Å². The number of pyridine rings is 1. The van der Waals surface area contributed by atoms with Gasteiger partial charge in [0.25, 0.3) is 0 Å². The zero-order valence-electron chi connectivity index (χ0n) is 19.8. The fourth-order valence-electron chi connectivity index (χ4n) is 3.78. The predicted molar refractivity (Wildman–Crippen MR) is 124 cm³/mol. The number of carboxylic acids is 1. The van der Waals surface area contributed by atoms with E-state index < -0.39 is 17.2 Å². The van der Waals surface area contributed by atoms with Crippen molar-refractivity contribution in [2.75, 3.05) is 50.8 Å². The molecule has 1 aromatic heterocycles. The van der Waals surface area contributed by atoms with Crippen LogP contribution in [0.2, 0.25) is 5.15 Å². The number of morpholine rings is 1. The highest BCUT2D eigenvalue weighted by Gasteiger charge is 2.32. The van der Waals surface area contributed by atoms with Crippen LogP contribution in [0.5, 0.6) is 5.75 Å². The molecule has 11 heteroatoms. The van der Waals surface area contributed by atoms with Gasteiger partial charge in [-0.2, -0.15) is 0 Å². The maximum absolute atomic E-state index is 12.4. The molecule has 1 aromatic rings. The molecule has 3 heterocycles. The maximum Gasteiger partial charge on any atom is 0.410 e. The molecular formula is C22H33ClN4O6. The molecule has 1 atom stereocenters. The number of ether oxygens (including phenoxy) is 3. The Kier molecular flexibility index (Phi) is 7.60. The van der Waals surface area contributed by atoms with E-state index in [1.807, 2.05) is 39.5 Å². The number of hydrogen-bond acceptors (Lipinski definition) is 8. The van der Waals surface area contributed by atoms with Crippen LogP contribution in [0.4, 0.5) is 10.6 Å². The topological polar surface area (TPSA) is 113 Å². The number of aromatic carboxylic acids is 1. The smallest absolute Gasteiger partial charge is 0.410 e. The average Bonchev–Trinajstić information content (AvgIpc) is 2.70. The molecule has 2 fully saturated rings. The number of aromatic nitrogens is 1. The molecule has 184 valence electrons. The first-order chi connectivity index (χ1) is 15.3. The first-order valence-electron chi connectivity index (χ1n) is 11.0. The van der Waals surface area contributed by atoms with Crippen LogP contribution in [0.15, 0.2) is 6.07 Å². The summed E-state index contributed by atoms with van der Waals surface area (Å²) in [6.45, 7) is 12.5. The Balaban J connectivity index is 1.69. The van der Waals surface area contributed by atoms with Crippen LogP contribution in [0.3, 0.4) is 0 Å². The van der Waals surface area contributed by atoms with Crippen LogP contribution in [0.25, 0.3) is 0 Å². The Morgan fingerprint density at radius 2 is 2.09 bits per heavy atom. The minimum absolute atomic E-state index is 0.0130. The molecule has 33 heavy (non-hydrogen) atoms. The van der Waals surface area contributed by atoms with Crippen molar-refractivity contribution < 1.29 is 28.9 Å². The second-order valence-electron chi connectivity index (χ2n) is 9.87. The van der Waals surface area contributed by atoms with E-state index in [1.165, 1.54) is 6.07 Å². The van der Waals surface area contributed by atoms with Crippen molar-refractivity contribution in [2.45, 2.75) is 51.9 Å². The zero-order valence-corrected chi connectivity index (χ0v) is 20.6. The van der Waals surface area contributed by atoms with Crippen molar-refractivity contribution in [3.8, 4) is 5.75 Å². The molecule has 3 rings (SSSR count). The lowest BCUT2D eigenvalue weighted by Gasteiger charge is -2.39. The summed E-state index contributed by atoms with van der Waals surface area (Å²) in [5.41, 5.74) is -0.985. The van der Waals surface area contributed by atoms with Crippen LogP contribution in [0, 0.1) is 0 Å². The van der Waals surface area contributed by atoms with E-state index in [0.717, 1.165) is 0 Å². The van der Waals surface area contributed by atoms with Gasteiger partial charge < -0.3 is 34.4 Å². The van der Waals surface area contributed by atoms with Crippen LogP contribution < -0.4 is 15.0 Å². The van der Waals surface area contributed by atoms with Crippen molar-refractivity contribution in [1.29, 1.82) is 0 Å². The van der Waals surface area contributed by atoms with E-state index in [0.29, 0.717) is 45.1 Å². The maximum atomic E-state index is 12.4. The SMILES string of the molecule is CC(C)(C)OC(=O)N1CCNC(COc2cc(C(=O)O)c(N3CCOC(C)(C)C3)nc2Cl)C1. The molecule has 0 radical (unpaired) electrons. The monoisotopic (exact) mass is 484 g/mol. The van der Waals surface area contributed by atoms with E-state index >= 15 is 0 Å². The van der Waals surface area contributed by atoms with E-state index in [1.54, 1.807) is 4.90 Å². The molecule has 10 nitrogen and oxygen atoms in total. The number of nitrogens with one attached hydrogen (secondary N) is 1. The van der Waals surface area contributed by atoms with Crippen molar-refractivity contribution >= 4 is 29.5 Å². The van der Waals surface area contributed by atoms with Crippen molar-refractivity contribution in [3.63, 3.8) is 0 Å². The minimum Gasteiger partial charge on any atom is -0.489 e. The second-order valence-corrected chi connectivity index (χ2v) is 10.2. The van der Waals surface area contributed by atoms with Gasteiger partial charge in [-0.25, -0.2) is 14.6 Å². The van der Waals surface area contributed by atoms with Gasteiger partial charge >= 0.3 is 12.1 Å². The molecule has 2 saturated heterocycles. The highest BCUT2D eigenvalue weighted by atomic mass is 35.5. The van der Waals surface area contributed by atoms with Crippen molar-refractivity contribution in [3.05, 3.63) is 16.8 Å². The summed E-state index contributed by atoms with van der Waals surface area (Å²) >= 11 is 6.37. The predicted octanol–water partition coefficient (Wildman–Crippen LogP) is 2.64. The summed E-state index contributed by atoms with van der Waals surface area (Å²) in [5.74, 6) is -0.639. The fourth-order valence-corrected chi connectivity index (χ4v) is 3.97. The number of piperazine rings is 1. The first kappa shape index (κ1) is 25.3. The van der Waals surface area contributed by atoms with Gasteiger partial charge in [-0.05, 0) is 34.6 Å². The van der Waals surface area contributed by atoms with Gasteiger partial charge in [0.15, 0.2) is 10.9 Å². The Hall–Kier alpha value is -2.30. The Morgan fingerprint density at radius 1 is 1.36 bits per heavy atom. The molecule has 0 spiro atoms. The van der Waals surface area contributed by atoms with E-state index in [4.69, 9.17) is 25.8 Å². The molecule has 2 aliphatic rings. The number of rotatable bonds is 5. The van der Waals surface area contributed by atoms with E-state index in [2.05, 4.69) is 10.3 Å². The number of carboxylic acid groups (broad SMARTS) is 1. The quantitative estimate of drug-likeness (QED) is 0.608. The molecule has 0 aliphatic carbocycles. The van der Waals surface area contributed by atoms with Gasteiger partial charge in [-0.3, -0.25) is 0 Å². The van der Waals surface area contributed by atoms with Crippen LogP contribution >= 0.6 is 11.6 Å². The summed E-state index contributed by atoms with van der Waals surface area (Å²) in [6.07, 6.45) is -0.375. The average molecular weight is 485 g/mol. The molecular weight excluding hydrogens is 452 g/mol. The molecule has 0 saturated carbocycles. The van der Waals surface area contributed by atoms with Crippen LogP contribution in [-0.2, 0) is 9.47 Å². The molecule has 0 bridgehead atoms. The summed E-state index contributed by atoms with van der Waals surface area (Å²) in [4.78, 5) is 32.2. The van der Waals surface area contributed by atoms with Gasteiger partial charge in [0, 0.05) is 38.8 Å². The lowest BCUT2D eigenvalue weighted by molar-refractivity contribution is -0.0280. The lowest BCUT2D eigenvalue weighted by atomic mass is 10.1. The molecule has 1 unspecified atom stereocenters. The summed E-state index contributed by atoms with van der Waals surface area (Å²) in [5, 5.41) is 13.2. The minimum atomic E-state index is -1.12. The Labute approximate surface area is 199 Å². The Bertz CT molecular complexity index is 888. The highest BCUT2D eigenvalue weighted by Crippen LogP contribution is 2.32. The van der Waals surface area contributed by atoms with Crippen molar-refractivity contribution in [1.82, 2.24) is 15.2 Å². The van der Waals surface area contributed by atoms with E-state index in [9.17, 15) is 14.7 Å². The van der Waals surface area contributed by atoms with Crippen LogP contribution in [0.1, 0.15) is 45.0 Å². The Morgan fingerprint density at radius 3 is 2.73 bits per heavy atom. The number of halogens is 1. The second kappa shape index (κ2) is 9.90. The number of anilines is 1.